The second kappa shape index (κ2) is 8.76. The molecule has 106 valence electrons. The minimum absolute atomic E-state index is 0. The summed E-state index contributed by atoms with van der Waals surface area (Å²) in [4.78, 5) is 13.6. The lowest BCUT2D eigenvalue weighted by Crippen LogP contribution is -3.13. The summed E-state index contributed by atoms with van der Waals surface area (Å²) >= 11 is 0. The molecular formula is C14H27ClN2O. The third-order valence-corrected chi connectivity index (χ3v) is 4.31. The minimum Gasteiger partial charge on any atom is -1.00 e. The number of carbonyl (C=O) groups is 1. The van der Waals surface area contributed by atoms with E-state index in [-0.39, 0.29) is 12.4 Å². The number of likely N-dealkylation sites (tertiary alicyclic amines) is 1. The van der Waals surface area contributed by atoms with Crippen LogP contribution in [0.15, 0.2) is 0 Å². The van der Waals surface area contributed by atoms with Crippen LogP contribution in [-0.2, 0) is 4.79 Å². The van der Waals surface area contributed by atoms with Gasteiger partial charge in [-0.15, -0.1) is 0 Å². The van der Waals surface area contributed by atoms with Gasteiger partial charge >= 0.3 is 0 Å². The lowest BCUT2D eigenvalue weighted by Gasteiger charge is -2.24. The second-order valence-electron chi connectivity index (χ2n) is 5.69. The molecule has 2 aliphatic rings. The number of halogens is 1. The lowest BCUT2D eigenvalue weighted by atomic mass is 9.89. The molecule has 1 amide bonds. The molecule has 0 bridgehead atoms. The molecule has 0 aromatic rings. The maximum absolute atomic E-state index is 11.9. The van der Waals surface area contributed by atoms with Crippen LogP contribution in [-0.4, -0.2) is 32.1 Å². The Bertz CT molecular complexity index is 236. The Kier molecular flexibility index (Phi) is 7.68. The van der Waals surface area contributed by atoms with Gasteiger partial charge in [-0.25, -0.2) is 0 Å². The number of nitrogens with one attached hydrogen (secondary N) is 2. The first-order chi connectivity index (χ1) is 8.36. The first kappa shape index (κ1) is 15.8. The van der Waals surface area contributed by atoms with Gasteiger partial charge in [-0.2, -0.15) is 0 Å². The maximum Gasteiger partial charge on any atom is 0.223 e. The Morgan fingerprint density at radius 3 is 2.28 bits per heavy atom. The van der Waals surface area contributed by atoms with Gasteiger partial charge in [0, 0.05) is 5.92 Å². The van der Waals surface area contributed by atoms with Crippen molar-refractivity contribution in [1.82, 2.24) is 5.32 Å². The van der Waals surface area contributed by atoms with Crippen molar-refractivity contribution in [1.29, 1.82) is 0 Å². The maximum atomic E-state index is 11.9. The monoisotopic (exact) mass is 274 g/mol. The van der Waals surface area contributed by atoms with Crippen LogP contribution in [0.5, 0.6) is 0 Å². The van der Waals surface area contributed by atoms with E-state index in [1.807, 2.05) is 0 Å². The highest BCUT2D eigenvalue weighted by molar-refractivity contribution is 5.78. The molecular weight excluding hydrogens is 248 g/mol. The van der Waals surface area contributed by atoms with Gasteiger partial charge in [0.25, 0.3) is 0 Å². The molecule has 0 radical (unpaired) electrons. The van der Waals surface area contributed by atoms with Crippen LogP contribution in [0, 0.1) is 5.92 Å². The Morgan fingerprint density at radius 2 is 1.61 bits per heavy atom. The minimum atomic E-state index is 0. The van der Waals surface area contributed by atoms with Crippen LogP contribution in [0.1, 0.15) is 51.4 Å². The molecule has 2 N–H and O–H groups in total. The molecule has 4 heteroatoms. The van der Waals surface area contributed by atoms with Crippen molar-refractivity contribution >= 4 is 5.91 Å². The number of amides is 1. The third-order valence-electron chi connectivity index (χ3n) is 4.31. The highest BCUT2D eigenvalue weighted by Crippen LogP contribution is 2.23. The molecule has 2 rings (SSSR count). The predicted molar refractivity (Wildman–Crippen MR) is 69.0 cm³/mol. The highest BCUT2D eigenvalue weighted by Gasteiger charge is 2.21. The van der Waals surface area contributed by atoms with Crippen molar-refractivity contribution in [3.05, 3.63) is 0 Å². The van der Waals surface area contributed by atoms with Gasteiger partial charge in [0.05, 0.1) is 26.2 Å². The summed E-state index contributed by atoms with van der Waals surface area (Å²) in [7, 11) is 0. The van der Waals surface area contributed by atoms with E-state index in [4.69, 9.17) is 0 Å². The van der Waals surface area contributed by atoms with Gasteiger partial charge in [0.15, 0.2) is 0 Å². The van der Waals surface area contributed by atoms with Crippen LogP contribution in [0.2, 0.25) is 0 Å². The molecule has 0 spiro atoms. The number of carbonyl (C=O) groups excluding carboxylic acids is 1. The Hall–Kier alpha value is -0.280. The molecule has 18 heavy (non-hydrogen) atoms. The number of hydrogen-bond donors (Lipinski definition) is 2. The van der Waals surface area contributed by atoms with E-state index < -0.39 is 0 Å². The average molecular weight is 275 g/mol. The molecule has 1 aliphatic carbocycles. The molecule has 0 unspecified atom stereocenters. The van der Waals surface area contributed by atoms with Crippen LogP contribution < -0.4 is 22.6 Å². The van der Waals surface area contributed by atoms with Gasteiger partial charge in [-0.05, 0) is 32.1 Å². The van der Waals surface area contributed by atoms with Crippen molar-refractivity contribution in [3.8, 4) is 0 Å². The van der Waals surface area contributed by atoms with Crippen LogP contribution >= 0.6 is 0 Å². The first-order valence-corrected chi connectivity index (χ1v) is 7.47. The van der Waals surface area contributed by atoms with E-state index in [1.54, 1.807) is 4.90 Å². The molecule has 3 nitrogen and oxygen atoms in total. The fourth-order valence-corrected chi connectivity index (χ4v) is 3.17. The Labute approximate surface area is 117 Å². The van der Waals surface area contributed by atoms with Gasteiger partial charge in [0.1, 0.15) is 0 Å². The quantitative estimate of drug-likeness (QED) is 0.597. The van der Waals surface area contributed by atoms with Gasteiger partial charge in [-0.3, -0.25) is 4.79 Å². The number of hydrogen-bond acceptors (Lipinski definition) is 1. The fourth-order valence-electron chi connectivity index (χ4n) is 3.17. The molecule has 1 saturated heterocycles. The highest BCUT2D eigenvalue weighted by atomic mass is 35.5. The number of rotatable bonds is 4. The van der Waals surface area contributed by atoms with E-state index in [0.717, 1.165) is 25.9 Å². The second-order valence-corrected chi connectivity index (χ2v) is 5.69. The van der Waals surface area contributed by atoms with Crippen LogP contribution in [0.3, 0.4) is 0 Å². The smallest absolute Gasteiger partial charge is 0.223 e. The predicted octanol–water partition coefficient (Wildman–Crippen LogP) is -2.24. The normalized spacial score (nSPS) is 22.2. The zero-order chi connectivity index (χ0) is 11.9. The van der Waals surface area contributed by atoms with Crippen LogP contribution in [0.4, 0.5) is 0 Å². The lowest BCUT2D eigenvalue weighted by molar-refractivity contribution is -0.903. The van der Waals surface area contributed by atoms with E-state index in [1.165, 1.54) is 51.6 Å². The van der Waals surface area contributed by atoms with E-state index >= 15 is 0 Å². The largest absolute Gasteiger partial charge is 1.00 e. The molecule has 1 saturated carbocycles. The first-order valence-electron chi connectivity index (χ1n) is 7.47. The van der Waals surface area contributed by atoms with Crippen molar-refractivity contribution in [3.63, 3.8) is 0 Å². The number of quaternary nitrogens is 1. The average Bonchev–Trinajstić information content (AvgIpc) is 2.41. The summed E-state index contributed by atoms with van der Waals surface area (Å²) < 4.78 is 0. The topological polar surface area (TPSA) is 33.5 Å². The van der Waals surface area contributed by atoms with Gasteiger partial charge < -0.3 is 22.6 Å². The molecule has 0 aromatic heterocycles. The summed E-state index contributed by atoms with van der Waals surface area (Å²) in [5, 5.41) is 3.14. The van der Waals surface area contributed by atoms with Gasteiger partial charge in [-0.1, -0.05) is 19.3 Å². The zero-order valence-corrected chi connectivity index (χ0v) is 12.1. The number of piperidine rings is 1. The zero-order valence-electron chi connectivity index (χ0n) is 11.3. The molecule has 1 heterocycles. The van der Waals surface area contributed by atoms with Crippen molar-refractivity contribution in [2.24, 2.45) is 5.92 Å². The van der Waals surface area contributed by atoms with Crippen LogP contribution in [0.25, 0.3) is 0 Å². The van der Waals surface area contributed by atoms with E-state index in [2.05, 4.69) is 5.32 Å². The summed E-state index contributed by atoms with van der Waals surface area (Å²) in [6.07, 6.45) is 10.2. The van der Waals surface area contributed by atoms with E-state index in [9.17, 15) is 4.79 Å². The van der Waals surface area contributed by atoms with Crippen molar-refractivity contribution in [2.75, 3.05) is 26.2 Å². The van der Waals surface area contributed by atoms with E-state index in [0.29, 0.717) is 11.8 Å². The summed E-state index contributed by atoms with van der Waals surface area (Å²) in [6.45, 7) is 4.61. The molecule has 1 aliphatic heterocycles. The molecule has 0 aromatic carbocycles. The standard InChI is InChI=1S/C14H26N2O.ClH/c17-14(13-7-3-1-4-8-13)15-9-12-16-10-5-2-6-11-16;/h13H,1-12H2,(H,15,17);1H. The Balaban J connectivity index is 0.00000162. The summed E-state index contributed by atoms with van der Waals surface area (Å²) in [5.41, 5.74) is 0. The summed E-state index contributed by atoms with van der Waals surface area (Å²) in [6, 6.07) is 0. The fraction of sp³-hybridized carbons (Fsp3) is 0.929. The SMILES string of the molecule is O=C(NCC[NH+]1CCCCC1)C1CCCCC1.[Cl-]. The Morgan fingerprint density at radius 1 is 1.00 bits per heavy atom. The van der Waals surface area contributed by atoms with Gasteiger partial charge in [0.2, 0.25) is 5.91 Å². The summed E-state index contributed by atoms with van der Waals surface area (Å²) in [5.74, 6) is 0.640. The third kappa shape index (κ3) is 5.15. The molecule has 2 fully saturated rings. The van der Waals surface area contributed by atoms with Crippen molar-refractivity contribution in [2.45, 2.75) is 51.4 Å². The molecule has 0 atom stereocenters. The van der Waals surface area contributed by atoms with Crippen molar-refractivity contribution < 1.29 is 22.1 Å².